The highest BCUT2D eigenvalue weighted by molar-refractivity contribution is 5.72. The lowest BCUT2D eigenvalue weighted by Gasteiger charge is -2.09. The number of hydrogen-bond acceptors (Lipinski definition) is 2. The van der Waals surface area contributed by atoms with Gasteiger partial charge >= 0.3 is 0 Å². The number of nitrogen functional groups attached to an aromatic ring is 1. The molecule has 0 heterocycles. The quantitative estimate of drug-likeness (QED) is 0.754. The lowest BCUT2D eigenvalue weighted by molar-refractivity contribution is 0.619. The highest BCUT2D eigenvalue weighted by Gasteiger charge is 2.01. The minimum atomic E-state index is -0.202. The Morgan fingerprint density at radius 3 is 2.56 bits per heavy atom. The van der Waals surface area contributed by atoms with E-state index in [2.05, 4.69) is 5.32 Å². The van der Waals surface area contributed by atoms with Crippen molar-refractivity contribution >= 4 is 17.1 Å². The Labute approximate surface area is 93.9 Å². The van der Waals surface area contributed by atoms with E-state index in [9.17, 15) is 4.39 Å². The highest BCUT2D eigenvalue weighted by Crippen LogP contribution is 2.23. The minimum absolute atomic E-state index is 0.202. The van der Waals surface area contributed by atoms with Gasteiger partial charge in [0.1, 0.15) is 5.82 Å². The largest absolute Gasteiger partial charge is 0.397 e. The van der Waals surface area contributed by atoms with Crippen LogP contribution in [0.15, 0.2) is 42.5 Å². The second-order valence-electron chi connectivity index (χ2n) is 3.68. The monoisotopic (exact) mass is 216 g/mol. The number of rotatable bonds is 2. The average molecular weight is 216 g/mol. The zero-order valence-electron chi connectivity index (χ0n) is 9.00. The molecule has 0 unspecified atom stereocenters. The Hall–Kier alpha value is -2.03. The maximum absolute atomic E-state index is 13.1. The first-order valence-corrected chi connectivity index (χ1v) is 5.04. The van der Waals surface area contributed by atoms with Crippen molar-refractivity contribution in [1.82, 2.24) is 0 Å². The van der Waals surface area contributed by atoms with E-state index in [1.54, 1.807) is 19.1 Å². The number of para-hydroxylation sites is 2. The number of nitrogens with one attached hydrogen (secondary N) is 1. The molecule has 2 rings (SSSR count). The Morgan fingerprint density at radius 2 is 1.88 bits per heavy atom. The van der Waals surface area contributed by atoms with Gasteiger partial charge in [-0.2, -0.15) is 0 Å². The molecule has 2 nitrogen and oxygen atoms in total. The van der Waals surface area contributed by atoms with E-state index in [0.29, 0.717) is 11.3 Å². The van der Waals surface area contributed by atoms with Crippen LogP contribution < -0.4 is 11.1 Å². The summed E-state index contributed by atoms with van der Waals surface area (Å²) in [6.07, 6.45) is 0. The van der Waals surface area contributed by atoms with E-state index >= 15 is 0 Å². The number of anilines is 3. The molecule has 0 saturated heterocycles. The zero-order chi connectivity index (χ0) is 11.5. The fraction of sp³-hybridized carbons (Fsp3) is 0.0769. The van der Waals surface area contributed by atoms with E-state index in [-0.39, 0.29) is 5.82 Å². The molecule has 0 radical (unpaired) electrons. The summed E-state index contributed by atoms with van der Waals surface area (Å²) in [4.78, 5) is 0. The van der Waals surface area contributed by atoms with Crippen LogP contribution in [0.5, 0.6) is 0 Å². The molecule has 0 aliphatic rings. The molecular weight excluding hydrogens is 203 g/mol. The molecule has 0 amide bonds. The average Bonchev–Trinajstić information content (AvgIpc) is 2.27. The first-order valence-electron chi connectivity index (χ1n) is 5.04. The minimum Gasteiger partial charge on any atom is -0.397 e. The van der Waals surface area contributed by atoms with Crippen LogP contribution in [0.25, 0.3) is 0 Å². The molecule has 2 aromatic rings. The van der Waals surface area contributed by atoms with Gasteiger partial charge in [0.2, 0.25) is 0 Å². The van der Waals surface area contributed by atoms with Crippen LogP contribution in [0, 0.1) is 12.7 Å². The first kappa shape index (κ1) is 10.5. The Kier molecular flexibility index (Phi) is 2.77. The van der Waals surface area contributed by atoms with Gasteiger partial charge in [0, 0.05) is 5.69 Å². The number of hydrogen-bond donors (Lipinski definition) is 2. The van der Waals surface area contributed by atoms with Gasteiger partial charge in [0.05, 0.1) is 11.4 Å². The van der Waals surface area contributed by atoms with Crippen molar-refractivity contribution in [1.29, 1.82) is 0 Å². The van der Waals surface area contributed by atoms with Crippen LogP contribution in [-0.4, -0.2) is 0 Å². The number of nitrogens with two attached hydrogens (primary N) is 1. The van der Waals surface area contributed by atoms with Gasteiger partial charge in [-0.25, -0.2) is 4.39 Å². The lowest BCUT2D eigenvalue weighted by atomic mass is 10.2. The summed E-state index contributed by atoms with van der Waals surface area (Å²) in [5, 5.41) is 3.15. The summed E-state index contributed by atoms with van der Waals surface area (Å²) in [7, 11) is 0. The maximum atomic E-state index is 13.1. The molecular formula is C13H13FN2. The van der Waals surface area contributed by atoms with Gasteiger partial charge in [-0.05, 0) is 42.8 Å². The Bertz CT molecular complexity index is 509. The van der Waals surface area contributed by atoms with Crippen LogP contribution in [0.4, 0.5) is 21.5 Å². The van der Waals surface area contributed by atoms with Gasteiger partial charge in [0.15, 0.2) is 0 Å². The Morgan fingerprint density at radius 1 is 1.12 bits per heavy atom. The predicted molar refractivity (Wildman–Crippen MR) is 65.3 cm³/mol. The molecule has 0 saturated carbocycles. The third kappa shape index (κ3) is 2.14. The van der Waals surface area contributed by atoms with Crippen LogP contribution in [0.3, 0.4) is 0 Å². The molecule has 0 aromatic heterocycles. The van der Waals surface area contributed by atoms with Gasteiger partial charge in [0.25, 0.3) is 0 Å². The summed E-state index contributed by atoms with van der Waals surface area (Å²) >= 11 is 0. The van der Waals surface area contributed by atoms with Crippen LogP contribution >= 0.6 is 0 Å². The van der Waals surface area contributed by atoms with Crippen molar-refractivity contribution in [3.8, 4) is 0 Å². The smallest absolute Gasteiger partial charge is 0.126 e. The SMILES string of the molecule is Cc1cc(Nc2ccccc2N)ccc1F. The number of aryl methyl sites for hydroxylation is 1. The summed E-state index contributed by atoms with van der Waals surface area (Å²) in [6.45, 7) is 1.73. The summed E-state index contributed by atoms with van der Waals surface area (Å²) < 4.78 is 13.1. The van der Waals surface area contributed by atoms with Gasteiger partial charge in [-0.1, -0.05) is 12.1 Å². The van der Waals surface area contributed by atoms with Crippen molar-refractivity contribution in [2.45, 2.75) is 6.92 Å². The van der Waals surface area contributed by atoms with Crippen molar-refractivity contribution < 1.29 is 4.39 Å². The second-order valence-corrected chi connectivity index (χ2v) is 3.68. The Balaban J connectivity index is 2.28. The summed E-state index contributed by atoms with van der Waals surface area (Å²) in [5.74, 6) is -0.202. The van der Waals surface area contributed by atoms with E-state index in [0.717, 1.165) is 11.4 Å². The van der Waals surface area contributed by atoms with Crippen LogP contribution in [0.1, 0.15) is 5.56 Å². The fourth-order valence-electron chi connectivity index (χ4n) is 1.49. The molecule has 0 aliphatic carbocycles. The number of benzene rings is 2. The van der Waals surface area contributed by atoms with Crippen molar-refractivity contribution in [3.63, 3.8) is 0 Å². The third-order valence-corrected chi connectivity index (χ3v) is 2.40. The molecule has 0 atom stereocenters. The predicted octanol–water partition coefficient (Wildman–Crippen LogP) is 3.46. The zero-order valence-corrected chi connectivity index (χ0v) is 9.00. The standard InChI is InChI=1S/C13H13FN2/c1-9-8-10(6-7-11(9)14)16-13-5-3-2-4-12(13)15/h2-8,16H,15H2,1H3. The van der Waals surface area contributed by atoms with E-state index in [1.807, 2.05) is 24.3 Å². The second kappa shape index (κ2) is 4.23. The number of halogens is 1. The molecule has 0 spiro atoms. The molecule has 3 N–H and O–H groups in total. The van der Waals surface area contributed by atoms with Crippen molar-refractivity contribution in [2.24, 2.45) is 0 Å². The third-order valence-electron chi connectivity index (χ3n) is 2.40. The van der Waals surface area contributed by atoms with Crippen molar-refractivity contribution in [3.05, 3.63) is 53.8 Å². The molecule has 0 fully saturated rings. The first-order chi connectivity index (χ1) is 7.66. The molecule has 2 aromatic carbocycles. The molecule has 0 bridgehead atoms. The molecule has 16 heavy (non-hydrogen) atoms. The molecule has 0 aliphatic heterocycles. The van der Waals surface area contributed by atoms with Crippen LogP contribution in [0.2, 0.25) is 0 Å². The van der Waals surface area contributed by atoms with Gasteiger partial charge < -0.3 is 11.1 Å². The fourth-order valence-corrected chi connectivity index (χ4v) is 1.49. The normalized spacial score (nSPS) is 10.1. The lowest BCUT2D eigenvalue weighted by Crippen LogP contribution is -1.96. The van der Waals surface area contributed by atoms with Crippen molar-refractivity contribution in [2.75, 3.05) is 11.1 Å². The van der Waals surface area contributed by atoms with Crippen LogP contribution in [-0.2, 0) is 0 Å². The maximum Gasteiger partial charge on any atom is 0.126 e. The van der Waals surface area contributed by atoms with Gasteiger partial charge in [-0.3, -0.25) is 0 Å². The van der Waals surface area contributed by atoms with Gasteiger partial charge in [-0.15, -0.1) is 0 Å². The topological polar surface area (TPSA) is 38.0 Å². The summed E-state index contributed by atoms with van der Waals surface area (Å²) in [5.41, 5.74) is 8.74. The van der Waals surface area contributed by atoms with E-state index < -0.39 is 0 Å². The highest BCUT2D eigenvalue weighted by atomic mass is 19.1. The van der Waals surface area contributed by atoms with E-state index in [4.69, 9.17) is 5.73 Å². The molecule has 82 valence electrons. The molecule has 3 heteroatoms. The summed E-state index contributed by atoms with van der Waals surface area (Å²) in [6, 6.07) is 12.4. The van der Waals surface area contributed by atoms with E-state index in [1.165, 1.54) is 6.07 Å².